The average Bonchev–Trinajstić information content (AvgIpc) is 3.63. The van der Waals surface area contributed by atoms with Crippen molar-refractivity contribution in [2.24, 2.45) is 0 Å². The van der Waals surface area contributed by atoms with Crippen molar-refractivity contribution in [2.45, 2.75) is 6.42 Å². The topological polar surface area (TPSA) is 107 Å². The predicted molar refractivity (Wildman–Crippen MR) is 154 cm³/mol. The van der Waals surface area contributed by atoms with E-state index >= 15 is 0 Å². The molecule has 2 aliphatic heterocycles. The predicted octanol–water partition coefficient (Wildman–Crippen LogP) is 5.73. The first-order chi connectivity index (χ1) is 17.0. The maximum absolute atomic E-state index is 11.9. The number of aromatic nitrogens is 2. The average molecular weight is 690 g/mol. The number of fused-ring (bicyclic) bond motifs is 2. The molecule has 0 aliphatic carbocycles. The molecule has 2 aliphatic rings. The number of aromatic amines is 2. The number of H-pyrrole nitrogens is 2. The van der Waals surface area contributed by atoms with Crippen molar-refractivity contribution < 1.29 is 14.4 Å². The summed E-state index contributed by atoms with van der Waals surface area (Å²) < 4.78 is 2.25. The summed E-state index contributed by atoms with van der Waals surface area (Å²) in [6.07, 6.45) is 6.75. The van der Waals surface area contributed by atoms with Crippen molar-refractivity contribution in [1.29, 1.82) is 0 Å². The minimum Gasteiger partial charge on any atom is -0.362 e. The van der Waals surface area contributed by atoms with Crippen molar-refractivity contribution in [3.05, 3.63) is 103 Å². The molecule has 4 heterocycles. The van der Waals surface area contributed by atoms with Crippen molar-refractivity contribution in [3.63, 3.8) is 0 Å². The molecule has 2 amide bonds. The zero-order chi connectivity index (χ0) is 24.8. The van der Waals surface area contributed by atoms with Crippen LogP contribution in [0, 0.1) is 7.14 Å². The van der Waals surface area contributed by atoms with E-state index in [4.69, 9.17) is 0 Å². The second kappa shape index (κ2) is 11.5. The molecule has 0 saturated heterocycles. The van der Waals surface area contributed by atoms with Crippen LogP contribution in [0.15, 0.2) is 73.1 Å². The number of hydrogen-bond donors (Lipinski definition) is 4. The SMILES string of the molecule is O=C1Cc2c(I)cccc2N1.O=C1Nc2cccc(I)c2/C1=C/c1ccc[nH]1.O=Cc1ccc[nH]1. The lowest BCUT2D eigenvalue weighted by molar-refractivity contribution is -0.115. The van der Waals surface area contributed by atoms with E-state index in [9.17, 15) is 14.4 Å². The van der Waals surface area contributed by atoms with Gasteiger partial charge >= 0.3 is 0 Å². The van der Waals surface area contributed by atoms with Crippen LogP contribution in [0.25, 0.3) is 11.6 Å². The molecule has 4 N–H and O–H groups in total. The fourth-order valence-corrected chi connectivity index (χ4v) is 5.04. The number of aldehydes is 1. The highest BCUT2D eigenvalue weighted by Crippen LogP contribution is 2.36. The molecule has 0 spiro atoms. The normalized spacial score (nSPS) is 14.1. The Hall–Kier alpha value is -3.19. The Labute approximate surface area is 229 Å². The van der Waals surface area contributed by atoms with Gasteiger partial charge in [0.05, 0.1) is 23.4 Å². The van der Waals surface area contributed by atoms with Crippen LogP contribution in [-0.2, 0) is 16.0 Å². The number of carbonyl (C=O) groups excluding carboxylic acids is 3. The molecular formula is C26H20I2N4O3. The van der Waals surface area contributed by atoms with Crippen molar-refractivity contribution >= 4 is 86.3 Å². The van der Waals surface area contributed by atoms with Gasteiger partial charge in [-0.25, -0.2) is 0 Å². The van der Waals surface area contributed by atoms with Gasteiger partial charge in [-0.3, -0.25) is 14.4 Å². The maximum Gasteiger partial charge on any atom is 0.256 e. The van der Waals surface area contributed by atoms with Crippen LogP contribution < -0.4 is 10.6 Å². The second-order valence-electron chi connectivity index (χ2n) is 7.53. The van der Waals surface area contributed by atoms with Gasteiger partial charge in [0.15, 0.2) is 6.29 Å². The zero-order valence-corrected chi connectivity index (χ0v) is 22.6. The molecule has 176 valence electrons. The number of hydrogen-bond acceptors (Lipinski definition) is 3. The van der Waals surface area contributed by atoms with Crippen LogP contribution >= 0.6 is 45.2 Å². The molecule has 0 unspecified atom stereocenters. The molecule has 35 heavy (non-hydrogen) atoms. The van der Waals surface area contributed by atoms with Gasteiger partial charge < -0.3 is 20.6 Å². The highest BCUT2D eigenvalue weighted by atomic mass is 127. The van der Waals surface area contributed by atoms with Crippen LogP contribution in [0.1, 0.15) is 27.3 Å². The highest BCUT2D eigenvalue weighted by molar-refractivity contribution is 14.1. The molecule has 4 aromatic rings. The van der Waals surface area contributed by atoms with Gasteiger partial charge in [-0.05, 0) is 105 Å². The summed E-state index contributed by atoms with van der Waals surface area (Å²) in [6.45, 7) is 0. The Morgan fingerprint density at radius 3 is 2.00 bits per heavy atom. The van der Waals surface area contributed by atoms with Gasteiger partial charge in [0.1, 0.15) is 0 Å². The number of nitrogens with one attached hydrogen (secondary N) is 4. The third kappa shape index (κ3) is 6.09. The van der Waals surface area contributed by atoms with Crippen molar-refractivity contribution in [1.82, 2.24) is 9.97 Å². The summed E-state index contributed by atoms with van der Waals surface area (Å²) in [5.41, 5.74) is 6.27. The maximum atomic E-state index is 11.9. The van der Waals surface area contributed by atoms with E-state index < -0.39 is 0 Å². The van der Waals surface area contributed by atoms with Gasteiger partial charge in [-0.2, -0.15) is 0 Å². The fourth-order valence-electron chi connectivity index (χ4n) is 3.56. The number of carbonyl (C=O) groups is 3. The van der Waals surface area contributed by atoms with Crippen LogP contribution in [-0.4, -0.2) is 28.1 Å². The van der Waals surface area contributed by atoms with E-state index in [-0.39, 0.29) is 11.8 Å². The lowest BCUT2D eigenvalue weighted by Crippen LogP contribution is -2.03. The van der Waals surface area contributed by atoms with Crippen LogP contribution in [0.2, 0.25) is 0 Å². The first kappa shape index (κ1) is 24.9. The monoisotopic (exact) mass is 690 g/mol. The van der Waals surface area contributed by atoms with Gasteiger partial charge in [-0.15, -0.1) is 0 Å². The molecular weight excluding hydrogens is 670 g/mol. The molecule has 0 radical (unpaired) electrons. The van der Waals surface area contributed by atoms with E-state index in [0.29, 0.717) is 17.7 Å². The van der Waals surface area contributed by atoms with E-state index in [1.165, 1.54) is 3.57 Å². The van der Waals surface area contributed by atoms with E-state index in [1.54, 1.807) is 18.3 Å². The molecule has 2 aromatic carbocycles. The fraction of sp³-hybridized carbons (Fsp3) is 0.0385. The summed E-state index contributed by atoms with van der Waals surface area (Å²) in [5, 5.41) is 5.67. The lowest BCUT2D eigenvalue weighted by atomic mass is 10.1. The van der Waals surface area contributed by atoms with E-state index in [0.717, 1.165) is 38.1 Å². The Morgan fingerprint density at radius 1 is 0.743 bits per heavy atom. The number of amides is 2. The molecule has 2 aromatic heterocycles. The second-order valence-corrected chi connectivity index (χ2v) is 9.86. The Morgan fingerprint density at radius 2 is 1.40 bits per heavy atom. The minimum atomic E-state index is -0.0429. The van der Waals surface area contributed by atoms with Crippen LogP contribution in [0.5, 0.6) is 0 Å². The zero-order valence-electron chi connectivity index (χ0n) is 18.3. The third-order valence-electron chi connectivity index (χ3n) is 5.18. The standard InChI is InChI=1S/C13H9IN2O.C8H6INO.C5H5NO/c14-10-4-1-5-11-12(10)9(13(17)16-11)7-8-3-2-6-15-8;9-6-2-1-3-7-5(6)4-8(11)10-7;7-4-5-2-1-3-6-5/h1-7,15H,(H,16,17);1-3H,4H2,(H,10,11);1-4,6H/b9-7-;;. The number of halogens is 2. The van der Waals surface area contributed by atoms with Crippen LogP contribution in [0.3, 0.4) is 0 Å². The summed E-state index contributed by atoms with van der Waals surface area (Å²) in [6, 6.07) is 19.1. The summed E-state index contributed by atoms with van der Waals surface area (Å²) >= 11 is 4.49. The molecule has 0 bridgehead atoms. The Balaban J connectivity index is 0.000000137. The molecule has 0 fully saturated rings. The highest BCUT2D eigenvalue weighted by Gasteiger charge is 2.26. The van der Waals surface area contributed by atoms with Crippen LogP contribution in [0.4, 0.5) is 11.4 Å². The van der Waals surface area contributed by atoms with Crippen molar-refractivity contribution in [3.8, 4) is 0 Å². The Kier molecular flexibility index (Phi) is 8.18. The molecule has 9 heteroatoms. The number of rotatable bonds is 2. The van der Waals surface area contributed by atoms with Gasteiger partial charge in [-0.1, -0.05) is 12.1 Å². The van der Waals surface area contributed by atoms with Gasteiger partial charge in [0, 0.05) is 36.5 Å². The van der Waals surface area contributed by atoms with E-state index in [2.05, 4.69) is 65.8 Å². The quantitative estimate of drug-likeness (QED) is 0.123. The van der Waals surface area contributed by atoms with E-state index in [1.807, 2.05) is 60.8 Å². The largest absolute Gasteiger partial charge is 0.362 e. The molecule has 7 nitrogen and oxygen atoms in total. The molecule has 0 atom stereocenters. The smallest absolute Gasteiger partial charge is 0.256 e. The van der Waals surface area contributed by atoms with Gasteiger partial charge in [0.2, 0.25) is 5.91 Å². The first-order valence-corrected chi connectivity index (χ1v) is 12.7. The summed E-state index contributed by atoms with van der Waals surface area (Å²) in [4.78, 5) is 38.5. The minimum absolute atomic E-state index is 0.0429. The number of benzene rings is 2. The third-order valence-corrected chi connectivity index (χ3v) is 7.09. The summed E-state index contributed by atoms with van der Waals surface area (Å²) in [5.74, 6) is 0.0582. The molecule has 0 saturated carbocycles. The van der Waals surface area contributed by atoms with Crippen molar-refractivity contribution in [2.75, 3.05) is 10.6 Å². The Bertz CT molecular complexity index is 1390. The lowest BCUT2D eigenvalue weighted by Gasteiger charge is -2.00. The molecule has 6 rings (SSSR count). The van der Waals surface area contributed by atoms with Gasteiger partial charge in [0.25, 0.3) is 5.91 Å². The summed E-state index contributed by atoms with van der Waals surface area (Å²) in [7, 11) is 0. The number of anilines is 2. The first-order valence-electron chi connectivity index (χ1n) is 10.6.